The highest BCUT2D eigenvalue weighted by Crippen LogP contribution is 2.31. The van der Waals surface area contributed by atoms with Gasteiger partial charge >= 0.3 is 0 Å². The summed E-state index contributed by atoms with van der Waals surface area (Å²) in [6, 6.07) is 37.4. The summed E-state index contributed by atoms with van der Waals surface area (Å²) in [6.45, 7) is 6.34. The average molecular weight is 821 g/mol. The molecular weight excluding hydrogens is 776 g/mol. The van der Waals surface area contributed by atoms with Crippen molar-refractivity contribution in [3.63, 3.8) is 0 Å². The van der Waals surface area contributed by atoms with Crippen LogP contribution in [0, 0.1) is 11.7 Å². The molecule has 0 radical (unpaired) electrons. The third-order valence-corrected chi connectivity index (χ3v) is 11.4. The smallest absolute Gasteiger partial charge is 0.290 e. The Morgan fingerprint density at radius 3 is 2.22 bits per heavy atom. The second kappa shape index (κ2) is 19.1. The Morgan fingerprint density at radius 1 is 0.850 bits per heavy atom. The van der Waals surface area contributed by atoms with Crippen LogP contribution < -0.4 is 10.6 Å². The molecule has 9 nitrogen and oxygen atoms in total. The lowest BCUT2D eigenvalue weighted by molar-refractivity contribution is -0.117. The molecule has 304 valence electrons. The Kier molecular flexibility index (Phi) is 13.3. The minimum Gasteiger partial charge on any atom is -0.350 e. The van der Waals surface area contributed by atoms with E-state index in [0.717, 1.165) is 40.6 Å². The summed E-state index contributed by atoms with van der Waals surface area (Å²) in [7, 11) is 0. The zero-order valence-corrected chi connectivity index (χ0v) is 34.2. The molecular formula is C49H45FN4O5S. The number of thioether (sulfide) groups is 1. The first-order valence-corrected chi connectivity index (χ1v) is 20.7. The number of hydrogen-bond acceptors (Lipinski definition) is 7. The molecule has 5 aromatic rings. The molecule has 2 unspecified atom stereocenters. The van der Waals surface area contributed by atoms with E-state index >= 15 is 0 Å². The Hall–Kier alpha value is -6.43. The number of ketones is 1. The number of carbonyl (C=O) groups excluding carboxylic acids is 5. The minimum absolute atomic E-state index is 0.0575. The molecule has 2 aliphatic rings. The topological polar surface area (TPSA) is 116 Å². The van der Waals surface area contributed by atoms with E-state index in [1.807, 2.05) is 30.3 Å². The summed E-state index contributed by atoms with van der Waals surface area (Å²) < 4.78 is 13.8. The van der Waals surface area contributed by atoms with Gasteiger partial charge in [-0.3, -0.25) is 34.2 Å². The van der Waals surface area contributed by atoms with Crippen molar-refractivity contribution in [3.05, 3.63) is 178 Å². The second-order valence-electron chi connectivity index (χ2n) is 15.3. The van der Waals surface area contributed by atoms with E-state index in [9.17, 15) is 28.4 Å². The third-order valence-electron chi connectivity index (χ3n) is 10.6. The average Bonchev–Trinajstić information content (AvgIpc) is 3.83. The van der Waals surface area contributed by atoms with Crippen molar-refractivity contribution in [1.82, 2.24) is 20.4 Å². The standard InChI is InChI=1S/C49H45FN4O5S/c1-32(2)29-53(30-37-12-6-7-13-41(37)35-10-4-3-5-11-35)40-27-39(28-51-45(55)25-20-33-16-18-34(19-17-33)26-44-47(57)52-49(59)60-44)54(31-40)48(58)43-15-9-8-14-42(43)46(56)36-21-23-38(50)24-22-36/h3-26,32,39-40H,27-31H2,1-2H3,(H,51,55)(H,52,57,59). The number of carbonyl (C=O) groups is 5. The highest BCUT2D eigenvalue weighted by Gasteiger charge is 2.39. The van der Waals surface area contributed by atoms with Crippen molar-refractivity contribution in [2.45, 2.75) is 38.9 Å². The van der Waals surface area contributed by atoms with Gasteiger partial charge < -0.3 is 10.2 Å². The lowest BCUT2D eigenvalue weighted by Gasteiger charge is -2.31. The van der Waals surface area contributed by atoms with Crippen LogP contribution in [0.25, 0.3) is 23.3 Å². The van der Waals surface area contributed by atoms with E-state index < -0.39 is 23.0 Å². The zero-order chi connectivity index (χ0) is 42.2. The maximum absolute atomic E-state index is 14.7. The Labute approximate surface area is 353 Å². The molecule has 0 bridgehead atoms. The van der Waals surface area contributed by atoms with Crippen molar-refractivity contribution in [1.29, 1.82) is 0 Å². The van der Waals surface area contributed by atoms with Crippen LogP contribution in [0.1, 0.15) is 63.2 Å². The van der Waals surface area contributed by atoms with Crippen molar-refractivity contribution in [2.24, 2.45) is 5.92 Å². The van der Waals surface area contributed by atoms with E-state index in [0.29, 0.717) is 30.3 Å². The minimum atomic E-state index is -0.461. The Morgan fingerprint density at radius 2 is 1.52 bits per heavy atom. The monoisotopic (exact) mass is 820 g/mol. The molecule has 4 amide bonds. The van der Waals surface area contributed by atoms with Crippen LogP contribution in [0.4, 0.5) is 9.18 Å². The number of benzene rings is 5. The lowest BCUT2D eigenvalue weighted by atomic mass is 9.97. The van der Waals surface area contributed by atoms with Gasteiger partial charge in [0.1, 0.15) is 5.82 Å². The van der Waals surface area contributed by atoms with Crippen LogP contribution in [0.3, 0.4) is 0 Å². The first-order chi connectivity index (χ1) is 29.0. The van der Waals surface area contributed by atoms with E-state index in [1.165, 1.54) is 35.9 Å². The molecule has 7 rings (SSSR count). The van der Waals surface area contributed by atoms with Gasteiger partial charge in [-0.05, 0) is 94.4 Å². The zero-order valence-electron chi connectivity index (χ0n) is 33.3. The molecule has 2 fully saturated rings. The van der Waals surface area contributed by atoms with Crippen LogP contribution in [0.5, 0.6) is 0 Å². The Bertz CT molecular complexity index is 2450. The van der Waals surface area contributed by atoms with E-state index in [2.05, 4.69) is 53.6 Å². The summed E-state index contributed by atoms with van der Waals surface area (Å²) in [4.78, 5) is 69.7. The van der Waals surface area contributed by atoms with E-state index in [-0.39, 0.29) is 46.9 Å². The number of rotatable bonds is 14. The summed E-state index contributed by atoms with van der Waals surface area (Å²) in [5.74, 6) is -1.60. The quantitative estimate of drug-likeness (QED) is 0.0852. The van der Waals surface area contributed by atoms with Crippen LogP contribution in [0.2, 0.25) is 0 Å². The molecule has 2 N–H and O–H groups in total. The first-order valence-electron chi connectivity index (χ1n) is 19.9. The number of nitrogens with zero attached hydrogens (tertiary/aromatic N) is 2. The van der Waals surface area contributed by atoms with Gasteiger partial charge in [-0.2, -0.15) is 0 Å². The molecule has 0 aromatic heterocycles. The van der Waals surface area contributed by atoms with Crippen LogP contribution in [-0.2, 0) is 16.1 Å². The van der Waals surface area contributed by atoms with E-state index in [1.54, 1.807) is 65.6 Å². The van der Waals surface area contributed by atoms with Crippen molar-refractivity contribution >= 4 is 52.7 Å². The second-order valence-corrected chi connectivity index (χ2v) is 16.3. The van der Waals surface area contributed by atoms with Gasteiger partial charge in [0.25, 0.3) is 17.1 Å². The van der Waals surface area contributed by atoms with E-state index in [4.69, 9.17) is 0 Å². The number of likely N-dealkylation sites (tertiary alicyclic amines) is 1. The molecule has 2 atom stereocenters. The van der Waals surface area contributed by atoms with Crippen molar-refractivity contribution in [3.8, 4) is 11.1 Å². The van der Waals surface area contributed by atoms with Gasteiger partial charge in [0.05, 0.1) is 16.5 Å². The maximum atomic E-state index is 14.7. The molecule has 0 aliphatic carbocycles. The van der Waals surface area contributed by atoms with Gasteiger partial charge in [0, 0.05) is 49.4 Å². The maximum Gasteiger partial charge on any atom is 0.290 e. The summed E-state index contributed by atoms with van der Waals surface area (Å²) in [5, 5.41) is 4.85. The van der Waals surface area contributed by atoms with Gasteiger partial charge in [-0.15, -0.1) is 0 Å². The van der Waals surface area contributed by atoms with Crippen molar-refractivity contribution < 1.29 is 28.4 Å². The number of hydrogen-bond donors (Lipinski definition) is 2. The van der Waals surface area contributed by atoms with Gasteiger partial charge in [-0.1, -0.05) is 111 Å². The molecule has 2 heterocycles. The number of nitrogens with one attached hydrogen (secondary N) is 2. The van der Waals surface area contributed by atoms with Crippen LogP contribution in [0.15, 0.2) is 138 Å². The number of amides is 4. The fourth-order valence-electron chi connectivity index (χ4n) is 7.69. The summed E-state index contributed by atoms with van der Waals surface area (Å²) in [5.41, 5.74) is 5.67. The third kappa shape index (κ3) is 10.2. The first kappa shape index (κ1) is 41.7. The predicted molar refractivity (Wildman–Crippen MR) is 234 cm³/mol. The molecule has 5 aromatic carbocycles. The normalized spacial score (nSPS) is 17.2. The predicted octanol–water partition coefficient (Wildman–Crippen LogP) is 8.62. The number of imide groups is 1. The molecule has 11 heteroatoms. The van der Waals surface area contributed by atoms with Crippen molar-refractivity contribution in [2.75, 3.05) is 19.6 Å². The summed E-state index contributed by atoms with van der Waals surface area (Å²) >= 11 is 0.849. The molecule has 2 aliphatic heterocycles. The highest BCUT2D eigenvalue weighted by molar-refractivity contribution is 8.18. The largest absolute Gasteiger partial charge is 0.350 e. The Balaban J connectivity index is 1.12. The molecule has 0 saturated carbocycles. The van der Waals surface area contributed by atoms with Crippen LogP contribution >= 0.6 is 11.8 Å². The van der Waals surface area contributed by atoms with Gasteiger partial charge in [0.2, 0.25) is 5.91 Å². The lowest BCUT2D eigenvalue weighted by Crippen LogP contribution is -2.43. The summed E-state index contributed by atoms with van der Waals surface area (Å²) in [6.07, 6.45) is 5.34. The molecule has 2 saturated heterocycles. The molecule has 60 heavy (non-hydrogen) atoms. The number of halogens is 1. The fraction of sp³-hybridized carbons (Fsp3) is 0.204. The van der Waals surface area contributed by atoms with Gasteiger partial charge in [0.15, 0.2) is 5.78 Å². The molecule has 0 spiro atoms. The van der Waals surface area contributed by atoms with Gasteiger partial charge in [-0.25, -0.2) is 4.39 Å². The fourth-order valence-corrected chi connectivity index (χ4v) is 8.37. The van der Waals surface area contributed by atoms with Crippen LogP contribution in [-0.4, -0.2) is 70.3 Å². The SMILES string of the molecule is CC(C)CN(Cc1ccccc1-c1ccccc1)C1CC(CNC(=O)C=Cc2ccc(C=C3SC(=O)NC3=O)cc2)N(C(=O)c2ccccc2C(=O)c2ccc(F)cc2)C1. The highest BCUT2D eigenvalue weighted by atomic mass is 32.2.